The van der Waals surface area contributed by atoms with Crippen LogP contribution in [0, 0.1) is 10.8 Å². The van der Waals surface area contributed by atoms with Crippen molar-refractivity contribution >= 4 is 27.8 Å². The predicted octanol–water partition coefficient (Wildman–Crippen LogP) is 2.51. The molecule has 1 rings (SSSR count). The molecule has 0 fully saturated rings. The van der Waals surface area contributed by atoms with Gasteiger partial charge in [-0.2, -0.15) is 0 Å². The lowest BCUT2D eigenvalue weighted by Gasteiger charge is -2.11. The number of methoxy groups -OCH3 is 1. The first-order chi connectivity index (χ1) is 8.45. The van der Waals surface area contributed by atoms with Gasteiger partial charge in [0.2, 0.25) is 0 Å². The van der Waals surface area contributed by atoms with Crippen molar-refractivity contribution in [2.75, 3.05) is 7.11 Å². The molecule has 18 heavy (non-hydrogen) atoms. The Morgan fingerprint density at radius 1 is 1.33 bits per heavy atom. The van der Waals surface area contributed by atoms with Gasteiger partial charge in [-0.25, -0.2) is 4.79 Å². The van der Waals surface area contributed by atoms with E-state index in [2.05, 4.69) is 0 Å². The highest BCUT2D eigenvalue weighted by Crippen LogP contribution is 2.20. The molecule has 5 nitrogen and oxygen atoms in total. The molecule has 96 valence electrons. The van der Waals surface area contributed by atoms with Gasteiger partial charge in [0.05, 0.1) is 5.04 Å². The minimum absolute atomic E-state index is 0.262. The summed E-state index contributed by atoms with van der Waals surface area (Å²) >= 11 is 1.05. The monoisotopic (exact) mass is 266 g/mol. The van der Waals surface area contributed by atoms with Crippen LogP contribution >= 0.6 is 11.8 Å². The van der Waals surface area contributed by atoms with Crippen molar-refractivity contribution in [2.45, 2.75) is 13.0 Å². The molecular weight excluding hydrogens is 252 g/mol. The second kappa shape index (κ2) is 6.32. The molecule has 0 amide bonds. The molecule has 0 spiro atoms. The van der Waals surface area contributed by atoms with Crippen molar-refractivity contribution in [3.63, 3.8) is 0 Å². The van der Waals surface area contributed by atoms with Gasteiger partial charge in [0, 0.05) is 12.7 Å². The zero-order chi connectivity index (χ0) is 13.7. The number of benzene rings is 1. The summed E-state index contributed by atoms with van der Waals surface area (Å²) in [6.45, 7) is 1.61. The molecule has 1 aromatic rings. The summed E-state index contributed by atoms with van der Waals surface area (Å²) in [5.74, 6) is -1.05. The lowest BCUT2D eigenvalue weighted by Crippen LogP contribution is -2.13. The lowest BCUT2D eigenvalue weighted by molar-refractivity contribution is -0.148. The molecule has 0 saturated heterocycles. The Kier molecular flexibility index (Phi) is 5.06. The molecule has 6 heteroatoms. The molecule has 1 atom stereocenters. The van der Waals surface area contributed by atoms with Gasteiger partial charge in [0.25, 0.3) is 0 Å². The van der Waals surface area contributed by atoms with Gasteiger partial charge in [0.15, 0.2) is 6.10 Å². The minimum atomic E-state index is -1.05. The number of carboxylic acid groups (broad SMARTS) is 1. The first-order valence-electron chi connectivity index (χ1n) is 5.13. The van der Waals surface area contributed by atoms with Gasteiger partial charge in [-0.05, 0) is 12.5 Å². The minimum Gasteiger partial charge on any atom is -0.479 e. The van der Waals surface area contributed by atoms with Crippen LogP contribution in [0.5, 0.6) is 0 Å². The summed E-state index contributed by atoms with van der Waals surface area (Å²) in [7, 11) is 1.34. The van der Waals surface area contributed by atoms with Crippen molar-refractivity contribution in [3.05, 3.63) is 35.4 Å². The van der Waals surface area contributed by atoms with E-state index in [0.29, 0.717) is 16.2 Å². The molecule has 0 aromatic heterocycles. The molecule has 3 N–H and O–H groups in total. The molecule has 0 saturated carbocycles. The molecule has 0 heterocycles. The maximum absolute atomic E-state index is 10.9. The van der Waals surface area contributed by atoms with Crippen LogP contribution in [-0.2, 0) is 9.53 Å². The average molecular weight is 266 g/mol. The van der Waals surface area contributed by atoms with Crippen LogP contribution in [0.1, 0.15) is 24.2 Å². The maximum atomic E-state index is 10.9. The second-order valence-corrected chi connectivity index (χ2v) is 4.79. The van der Waals surface area contributed by atoms with Crippen molar-refractivity contribution in [2.24, 2.45) is 0 Å². The fourth-order valence-corrected chi connectivity index (χ4v) is 1.96. The summed E-state index contributed by atoms with van der Waals surface area (Å²) in [6, 6.07) is 6.54. The van der Waals surface area contributed by atoms with E-state index in [0.717, 1.165) is 11.8 Å². The largest absolute Gasteiger partial charge is 0.479 e. The third-order valence-electron chi connectivity index (χ3n) is 2.19. The Bertz CT molecular complexity index is 471. The number of ether oxygens (including phenoxy) is 1. The van der Waals surface area contributed by atoms with Crippen LogP contribution in [-0.4, -0.2) is 28.3 Å². The van der Waals surface area contributed by atoms with Crippen LogP contribution < -0.4 is 0 Å². The molecular formula is C12H14N2O3S. The fraction of sp³-hybridized carbons (Fsp3) is 0.250. The number of aliphatic carboxylic acids is 1. The van der Waals surface area contributed by atoms with Gasteiger partial charge >= 0.3 is 5.97 Å². The van der Waals surface area contributed by atoms with E-state index in [-0.39, 0.29) is 5.04 Å². The molecule has 0 bridgehead atoms. The number of rotatable bonds is 4. The summed E-state index contributed by atoms with van der Waals surface area (Å²) < 4.78 is 4.87. The number of nitrogens with one attached hydrogen (secondary N) is 2. The number of carbonyl (C=O) groups is 1. The van der Waals surface area contributed by atoms with Gasteiger partial charge in [-0.1, -0.05) is 36.0 Å². The van der Waals surface area contributed by atoms with Gasteiger partial charge < -0.3 is 9.84 Å². The maximum Gasteiger partial charge on any atom is 0.337 e. The van der Waals surface area contributed by atoms with Gasteiger partial charge in [-0.15, -0.1) is 0 Å². The van der Waals surface area contributed by atoms with Crippen LogP contribution in [0.15, 0.2) is 24.3 Å². The Labute approximate surface area is 109 Å². The molecule has 0 aliphatic carbocycles. The van der Waals surface area contributed by atoms with E-state index >= 15 is 0 Å². The van der Waals surface area contributed by atoms with E-state index in [4.69, 9.17) is 20.7 Å². The van der Waals surface area contributed by atoms with Crippen molar-refractivity contribution in [1.82, 2.24) is 0 Å². The highest BCUT2D eigenvalue weighted by Gasteiger charge is 2.18. The van der Waals surface area contributed by atoms with Crippen molar-refractivity contribution in [1.29, 1.82) is 10.8 Å². The molecule has 1 unspecified atom stereocenters. The average Bonchev–Trinajstić information content (AvgIpc) is 2.29. The van der Waals surface area contributed by atoms with E-state index in [1.54, 1.807) is 31.2 Å². The normalized spacial score (nSPS) is 11.9. The first kappa shape index (κ1) is 14.4. The predicted molar refractivity (Wildman–Crippen MR) is 71.6 cm³/mol. The Hall–Kier alpha value is -1.66. The van der Waals surface area contributed by atoms with Gasteiger partial charge in [0.1, 0.15) is 5.04 Å². The Morgan fingerprint density at radius 3 is 2.28 bits per heavy atom. The molecule has 0 aliphatic heterocycles. The third-order valence-corrected chi connectivity index (χ3v) is 2.94. The highest BCUT2D eigenvalue weighted by molar-refractivity contribution is 8.26. The number of hydrogen-bond acceptors (Lipinski definition) is 5. The number of thioether (sulfide) groups is 1. The molecule has 0 radical (unpaired) electrons. The number of hydrogen-bond donors (Lipinski definition) is 3. The van der Waals surface area contributed by atoms with Crippen LogP contribution in [0.2, 0.25) is 0 Å². The van der Waals surface area contributed by atoms with Crippen LogP contribution in [0.3, 0.4) is 0 Å². The van der Waals surface area contributed by atoms with E-state index < -0.39 is 12.1 Å². The molecule has 0 aliphatic rings. The standard InChI is InChI=1S/C12H14N2O3S/c1-7(13)18-11(14)9-5-3-8(4-6-9)10(17-2)12(15)16/h3-6,10,13-14H,1-2H3,(H,15,16). The van der Waals surface area contributed by atoms with E-state index in [9.17, 15) is 4.79 Å². The van der Waals surface area contributed by atoms with E-state index in [1.807, 2.05) is 0 Å². The van der Waals surface area contributed by atoms with Crippen LogP contribution in [0.25, 0.3) is 0 Å². The highest BCUT2D eigenvalue weighted by atomic mass is 32.2. The van der Waals surface area contributed by atoms with Crippen molar-refractivity contribution in [3.8, 4) is 0 Å². The Morgan fingerprint density at radius 2 is 1.89 bits per heavy atom. The summed E-state index contributed by atoms with van der Waals surface area (Å²) in [5.41, 5.74) is 1.17. The summed E-state index contributed by atoms with van der Waals surface area (Å²) in [6.07, 6.45) is -0.995. The summed E-state index contributed by atoms with van der Waals surface area (Å²) in [5, 5.41) is 24.6. The lowest BCUT2D eigenvalue weighted by atomic mass is 10.1. The van der Waals surface area contributed by atoms with Gasteiger partial charge in [-0.3, -0.25) is 10.8 Å². The SMILES string of the molecule is COC(C(=O)O)c1ccc(C(=N)SC(C)=N)cc1. The second-order valence-electron chi connectivity index (χ2n) is 3.56. The zero-order valence-electron chi connectivity index (χ0n) is 10.1. The quantitative estimate of drug-likeness (QED) is 0.576. The topological polar surface area (TPSA) is 94.2 Å². The zero-order valence-corrected chi connectivity index (χ0v) is 10.9. The number of carboxylic acids is 1. The van der Waals surface area contributed by atoms with E-state index in [1.165, 1.54) is 7.11 Å². The molecule has 1 aromatic carbocycles. The fourth-order valence-electron chi connectivity index (χ4n) is 1.40. The summed E-state index contributed by atoms with van der Waals surface area (Å²) in [4.78, 5) is 10.9. The third kappa shape index (κ3) is 3.68. The Balaban J connectivity index is 2.88. The van der Waals surface area contributed by atoms with Crippen LogP contribution in [0.4, 0.5) is 0 Å². The smallest absolute Gasteiger partial charge is 0.337 e. The first-order valence-corrected chi connectivity index (χ1v) is 5.95. The van der Waals surface area contributed by atoms with Crippen molar-refractivity contribution < 1.29 is 14.6 Å².